The average Bonchev–Trinajstić information content (AvgIpc) is 2.79. The highest BCUT2D eigenvalue weighted by atomic mass is 32.1. The van der Waals surface area contributed by atoms with Crippen LogP contribution in [-0.2, 0) is 11.3 Å². The van der Waals surface area contributed by atoms with Crippen molar-refractivity contribution in [3.8, 4) is 0 Å². The molecule has 3 N–H and O–H groups in total. The summed E-state index contributed by atoms with van der Waals surface area (Å²) in [5.74, 6) is -0.466. The van der Waals surface area contributed by atoms with Crippen molar-refractivity contribution in [3.05, 3.63) is 51.8 Å². The smallest absolute Gasteiger partial charge is 0.312 e. The van der Waals surface area contributed by atoms with E-state index in [1.807, 2.05) is 6.07 Å². The molecule has 0 unspecified atom stereocenters. The normalized spacial score (nSPS) is 10.2. The molecular formula is C14H16N6O3S. The van der Waals surface area contributed by atoms with Crippen molar-refractivity contribution in [2.24, 2.45) is 5.73 Å². The number of amides is 1. The van der Waals surface area contributed by atoms with Gasteiger partial charge in [-0.05, 0) is 38.2 Å². The molecule has 0 saturated carbocycles. The van der Waals surface area contributed by atoms with E-state index in [0.717, 1.165) is 0 Å². The van der Waals surface area contributed by atoms with Crippen LogP contribution in [0.4, 0.5) is 11.4 Å². The summed E-state index contributed by atoms with van der Waals surface area (Å²) in [6.45, 7) is 2.85. The van der Waals surface area contributed by atoms with E-state index in [4.69, 9.17) is 18.0 Å². The van der Waals surface area contributed by atoms with E-state index < -0.39 is 10.8 Å². The SMILES string of the molecule is Cc1nn(CC(=O)NN(C(N)=S)c2ccccc2)c(C)c1[N+](=O)[O-]. The Morgan fingerprint density at radius 1 is 1.42 bits per heavy atom. The summed E-state index contributed by atoms with van der Waals surface area (Å²) in [6, 6.07) is 8.83. The number of carbonyl (C=O) groups is 1. The molecule has 1 amide bonds. The first-order chi connectivity index (χ1) is 11.3. The summed E-state index contributed by atoms with van der Waals surface area (Å²) < 4.78 is 1.27. The fraction of sp³-hybridized carbons (Fsp3) is 0.214. The van der Waals surface area contributed by atoms with Crippen LogP contribution < -0.4 is 16.2 Å². The second-order valence-electron chi connectivity index (χ2n) is 4.98. The van der Waals surface area contributed by atoms with E-state index in [2.05, 4.69) is 10.5 Å². The minimum absolute atomic E-state index is 0.0334. The van der Waals surface area contributed by atoms with Gasteiger partial charge >= 0.3 is 5.69 Å². The molecule has 1 aromatic carbocycles. The number of nitro groups is 1. The predicted octanol–water partition coefficient (Wildman–Crippen LogP) is 1.19. The van der Waals surface area contributed by atoms with Gasteiger partial charge in [0.2, 0.25) is 0 Å². The average molecular weight is 348 g/mol. The summed E-state index contributed by atoms with van der Waals surface area (Å²) >= 11 is 4.94. The van der Waals surface area contributed by atoms with E-state index >= 15 is 0 Å². The maximum atomic E-state index is 12.2. The fourth-order valence-corrected chi connectivity index (χ4v) is 2.38. The molecule has 0 aliphatic heterocycles. The highest BCUT2D eigenvalue weighted by molar-refractivity contribution is 7.80. The first kappa shape index (κ1) is 17.3. The lowest BCUT2D eigenvalue weighted by Gasteiger charge is -2.23. The van der Waals surface area contributed by atoms with Gasteiger partial charge in [-0.3, -0.25) is 25.0 Å². The van der Waals surface area contributed by atoms with Gasteiger partial charge < -0.3 is 5.73 Å². The number of hydrogen-bond acceptors (Lipinski definition) is 5. The molecule has 2 rings (SSSR count). The van der Waals surface area contributed by atoms with Crippen LogP contribution in [0.25, 0.3) is 0 Å². The number of nitrogens with one attached hydrogen (secondary N) is 1. The van der Waals surface area contributed by atoms with Crippen molar-refractivity contribution in [2.45, 2.75) is 20.4 Å². The van der Waals surface area contributed by atoms with E-state index in [-0.39, 0.29) is 23.0 Å². The zero-order chi connectivity index (χ0) is 17.9. The lowest BCUT2D eigenvalue weighted by molar-refractivity contribution is -0.386. The Balaban J connectivity index is 2.17. The van der Waals surface area contributed by atoms with Crippen molar-refractivity contribution in [3.63, 3.8) is 0 Å². The Hall–Kier alpha value is -3.01. The Bertz CT molecular complexity index is 789. The minimum atomic E-state index is -0.517. The van der Waals surface area contributed by atoms with Crippen molar-refractivity contribution >= 4 is 34.6 Å². The van der Waals surface area contributed by atoms with Gasteiger partial charge in [0, 0.05) is 0 Å². The van der Waals surface area contributed by atoms with E-state index in [0.29, 0.717) is 11.4 Å². The molecule has 126 valence electrons. The van der Waals surface area contributed by atoms with Gasteiger partial charge in [0.15, 0.2) is 5.11 Å². The van der Waals surface area contributed by atoms with Crippen LogP contribution in [0.1, 0.15) is 11.4 Å². The van der Waals surface area contributed by atoms with Crippen molar-refractivity contribution in [1.82, 2.24) is 15.2 Å². The molecule has 24 heavy (non-hydrogen) atoms. The number of carbonyl (C=O) groups excluding carboxylic acids is 1. The molecule has 2 aromatic rings. The van der Waals surface area contributed by atoms with Crippen LogP contribution in [0, 0.1) is 24.0 Å². The summed E-state index contributed by atoms with van der Waals surface area (Å²) in [4.78, 5) is 22.7. The van der Waals surface area contributed by atoms with Crippen molar-refractivity contribution < 1.29 is 9.72 Å². The van der Waals surface area contributed by atoms with Gasteiger partial charge in [-0.15, -0.1) is 0 Å². The monoisotopic (exact) mass is 348 g/mol. The number of hydrazine groups is 1. The molecule has 0 saturated heterocycles. The minimum Gasteiger partial charge on any atom is -0.374 e. The molecule has 0 aliphatic rings. The van der Waals surface area contributed by atoms with Gasteiger partial charge in [0.25, 0.3) is 5.91 Å². The summed E-state index contributed by atoms with van der Waals surface area (Å²) in [5.41, 5.74) is 9.25. The third-order valence-corrected chi connectivity index (χ3v) is 3.47. The Morgan fingerprint density at radius 3 is 2.54 bits per heavy atom. The molecule has 0 atom stereocenters. The third kappa shape index (κ3) is 3.66. The number of aryl methyl sites for hydroxylation is 1. The second kappa shape index (κ2) is 7.04. The molecule has 0 spiro atoms. The number of thiocarbonyl (C=S) groups is 1. The third-order valence-electron chi connectivity index (χ3n) is 3.29. The molecule has 1 aromatic heterocycles. The Kier molecular flexibility index (Phi) is 5.09. The predicted molar refractivity (Wildman–Crippen MR) is 92.2 cm³/mol. The second-order valence-corrected chi connectivity index (χ2v) is 5.40. The van der Waals surface area contributed by atoms with Crippen LogP contribution >= 0.6 is 12.2 Å². The van der Waals surface area contributed by atoms with Gasteiger partial charge in [0.1, 0.15) is 17.9 Å². The van der Waals surface area contributed by atoms with Gasteiger partial charge in [-0.1, -0.05) is 18.2 Å². The number of nitrogens with two attached hydrogens (primary N) is 1. The zero-order valence-corrected chi connectivity index (χ0v) is 13.9. The molecule has 0 radical (unpaired) electrons. The number of rotatable bonds is 4. The highest BCUT2D eigenvalue weighted by Gasteiger charge is 2.23. The maximum Gasteiger partial charge on any atom is 0.312 e. The molecule has 0 fully saturated rings. The standard InChI is InChI=1S/C14H16N6O3S/c1-9-13(20(22)23)10(2)18(16-9)8-12(21)17-19(14(15)24)11-6-4-3-5-7-11/h3-7H,8H2,1-2H3,(H2,15,24)(H,17,21). The maximum absolute atomic E-state index is 12.2. The summed E-state index contributed by atoms with van der Waals surface area (Å²) in [6.07, 6.45) is 0. The van der Waals surface area contributed by atoms with Crippen LogP contribution in [0.5, 0.6) is 0 Å². The van der Waals surface area contributed by atoms with Crippen LogP contribution in [0.2, 0.25) is 0 Å². The first-order valence-electron chi connectivity index (χ1n) is 6.93. The van der Waals surface area contributed by atoms with Crippen LogP contribution in [-0.4, -0.2) is 25.7 Å². The molecular weight excluding hydrogens is 332 g/mol. The lowest BCUT2D eigenvalue weighted by Crippen LogP contribution is -2.50. The Labute approximate surface area is 143 Å². The van der Waals surface area contributed by atoms with Crippen LogP contribution in [0.3, 0.4) is 0 Å². The topological polar surface area (TPSA) is 119 Å². The summed E-state index contributed by atoms with van der Waals surface area (Å²) in [5, 5.41) is 16.3. The van der Waals surface area contributed by atoms with Crippen LogP contribution in [0.15, 0.2) is 30.3 Å². The van der Waals surface area contributed by atoms with Gasteiger partial charge in [0.05, 0.1) is 10.6 Å². The quantitative estimate of drug-likeness (QED) is 0.484. The summed E-state index contributed by atoms with van der Waals surface area (Å²) in [7, 11) is 0. The zero-order valence-electron chi connectivity index (χ0n) is 13.1. The Morgan fingerprint density at radius 2 is 2.04 bits per heavy atom. The van der Waals surface area contributed by atoms with Crippen molar-refractivity contribution in [2.75, 3.05) is 5.01 Å². The fourth-order valence-electron chi connectivity index (χ4n) is 2.23. The first-order valence-corrected chi connectivity index (χ1v) is 7.34. The number of hydrogen-bond donors (Lipinski definition) is 2. The van der Waals surface area contributed by atoms with Crippen molar-refractivity contribution in [1.29, 1.82) is 0 Å². The van der Waals surface area contributed by atoms with Gasteiger partial charge in [-0.2, -0.15) is 5.10 Å². The number of nitrogens with zero attached hydrogens (tertiary/aromatic N) is 4. The largest absolute Gasteiger partial charge is 0.374 e. The number of para-hydroxylation sites is 1. The molecule has 0 aliphatic carbocycles. The number of aromatic nitrogens is 2. The highest BCUT2D eigenvalue weighted by Crippen LogP contribution is 2.21. The van der Waals surface area contributed by atoms with E-state index in [1.54, 1.807) is 24.3 Å². The number of anilines is 1. The van der Waals surface area contributed by atoms with E-state index in [9.17, 15) is 14.9 Å². The van der Waals surface area contributed by atoms with E-state index in [1.165, 1.54) is 23.5 Å². The molecule has 0 bridgehead atoms. The molecule has 1 heterocycles. The van der Waals surface area contributed by atoms with Gasteiger partial charge in [-0.25, -0.2) is 5.01 Å². The number of benzene rings is 1. The molecule has 10 heteroatoms. The molecule has 9 nitrogen and oxygen atoms in total. The lowest BCUT2D eigenvalue weighted by atomic mass is 10.3.